The van der Waals surface area contributed by atoms with E-state index in [0.29, 0.717) is 11.7 Å². The van der Waals surface area contributed by atoms with E-state index in [0.717, 1.165) is 30.5 Å². The van der Waals surface area contributed by atoms with Crippen LogP contribution in [0, 0.1) is 0 Å². The minimum Gasteiger partial charge on any atom is -0.328 e. The summed E-state index contributed by atoms with van der Waals surface area (Å²) in [5.41, 5.74) is 1.72. The summed E-state index contributed by atoms with van der Waals surface area (Å²) in [7, 11) is 0. The van der Waals surface area contributed by atoms with Crippen LogP contribution in [0.5, 0.6) is 0 Å². The van der Waals surface area contributed by atoms with Crippen molar-refractivity contribution in [2.75, 3.05) is 5.32 Å². The van der Waals surface area contributed by atoms with Gasteiger partial charge in [-0.1, -0.05) is 32.6 Å². The van der Waals surface area contributed by atoms with E-state index in [-0.39, 0.29) is 11.1 Å². The number of pyridine rings is 1. The number of amides is 1. The van der Waals surface area contributed by atoms with Gasteiger partial charge in [-0.05, 0) is 30.9 Å². The number of nitrogens with zero attached hydrogens (tertiary/aromatic N) is 1. The van der Waals surface area contributed by atoms with Crippen LogP contribution in [0.4, 0.5) is 5.82 Å². The van der Waals surface area contributed by atoms with Gasteiger partial charge in [0.1, 0.15) is 5.56 Å². The summed E-state index contributed by atoms with van der Waals surface area (Å²) in [5.74, 6) is 0.531. The fraction of sp³-hybridized carbons (Fsp3) is 0.500. The van der Waals surface area contributed by atoms with E-state index >= 15 is 0 Å². The van der Waals surface area contributed by atoms with E-state index in [1.54, 1.807) is 12.3 Å². The van der Waals surface area contributed by atoms with Crippen molar-refractivity contribution in [1.82, 2.24) is 15.2 Å². The summed E-state index contributed by atoms with van der Waals surface area (Å²) >= 11 is 0. The van der Waals surface area contributed by atoms with Crippen molar-refractivity contribution in [2.45, 2.75) is 57.8 Å². The molecule has 0 spiro atoms. The van der Waals surface area contributed by atoms with Crippen LogP contribution in [0.3, 0.4) is 0 Å². The Kier molecular flexibility index (Phi) is 5.13. The SMILES string of the molecule is CCc1c[nH]c(=O)c(C(=O)Nc2cc(C3CCCCCC3)[nH]n2)c1. The lowest BCUT2D eigenvalue weighted by Crippen LogP contribution is -2.23. The largest absolute Gasteiger partial charge is 0.328 e. The first-order chi connectivity index (χ1) is 11.7. The Bertz CT molecular complexity index is 754. The molecule has 2 aromatic heterocycles. The minimum absolute atomic E-state index is 0.119. The van der Waals surface area contributed by atoms with Crippen LogP contribution in [-0.4, -0.2) is 21.1 Å². The lowest BCUT2D eigenvalue weighted by atomic mass is 9.97. The van der Waals surface area contributed by atoms with E-state index in [9.17, 15) is 9.59 Å². The van der Waals surface area contributed by atoms with Crippen LogP contribution < -0.4 is 10.9 Å². The van der Waals surface area contributed by atoms with Crippen molar-refractivity contribution in [1.29, 1.82) is 0 Å². The van der Waals surface area contributed by atoms with Gasteiger partial charge in [-0.25, -0.2) is 0 Å². The molecular weight excluding hydrogens is 304 g/mol. The summed E-state index contributed by atoms with van der Waals surface area (Å²) in [5, 5.41) is 9.96. The molecule has 3 rings (SSSR count). The molecule has 0 aliphatic heterocycles. The van der Waals surface area contributed by atoms with Crippen molar-refractivity contribution in [2.24, 2.45) is 0 Å². The first kappa shape index (κ1) is 16.5. The zero-order chi connectivity index (χ0) is 16.9. The van der Waals surface area contributed by atoms with E-state index in [2.05, 4.69) is 20.5 Å². The van der Waals surface area contributed by atoms with Gasteiger partial charge in [0.15, 0.2) is 5.82 Å². The van der Waals surface area contributed by atoms with Gasteiger partial charge in [0, 0.05) is 23.9 Å². The molecule has 0 radical (unpaired) electrons. The Morgan fingerprint density at radius 2 is 2.00 bits per heavy atom. The van der Waals surface area contributed by atoms with E-state index in [1.807, 2.05) is 13.0 Å². The van der Waals surface area contributed by atoms with E-state index in [1.165, 1.54) is 25.7 Å². The lowest BCUT2D eigenvalue weighted by Gasteiger charge is -2.10. The predicted octanol–water partition coefficient (Wildman–Crippen LogP) is 3.35. The molecule has 1 aliphatic carbocycles. The highest BCUT2D eigenvalue weighted by Gasteiger charge is 2.18. The molecule has 0 aromatic carbocycles. The number of carbonyl (C=O) groups is 1. The van der Waals surface area contributed by atoms with Gasteiger partial charge in [-0.2, -0.15) is 5.10 Å². The van der Waals surface area contributed by atoms with Crippen LogP contribution >= 0.6 is 0 Å². The molecule has 1 fully saturated rings. The third-order valence-corrected chi connectivity index (χ3v) is 4.75. The highest BCUT2D eigenvalue weighted by atomic mass is 16.2. The van der Waals surface area contributed by atoms with Gasteiger partial charge >= 0.3 is 0 Å². The monoisotopic (exact) mass is 328 g/mol. The molecule has 0 bridgehead atoms. The first-order valence-corrected chi connectivity index (χ1v) is 8.75. The summed E-state index contributed by atoms with van der Waals surface area (Å²) in [6.07, 6.45) is 9.79. The first-order valence-electron chi connectivity index (χ1n) is 8.75. The molecule has 0 unspecified atom stereocenters. The van der Waals surface area contributed by atoms with Crippen molar-refractivity contribution in [3.8, 4) is 0 Å². The molecule has 2 heterocycles. The quantitative estimate of drug-likeness (QED) is 0.752. The molecule has 24 heavy (non-hydrogen) atoms. The minimum atomic E-state index is -0.425. The summed E-state index contributed by atoms with van der Waals surface area (Å²) in [6.45, 7) is 1.97. The number of anilines is 1. The third kappa shape index (κ3) is 3.75. The van der Waals surface area contributed by atoms with Gasteiger partial charge in [0.2, 0.25) is 0 Å². The molecule has 6 heteroatoms. The second-order valence-electron chi connectivity index (χ2n) is 6.46. The smallest absolute Gasteiger partial charge is 0.262 e. The number of rotatable bonds is 4. The lowest BCUT2D eigenvalue weighted by molar-refractivity contribution is 0.102. The van der Waals surface area contributed by atoms with Gasteiger partial charge in [0.05, 0.1) is 0 Å². The van der Waals surface area contributed by atoms with Crippen LogP contribution in [0.1, 0.15) is 73.0 Å². The topological polar surface area (TPSA) is 90.6 Å². The second-order valence-corrected chi connectivity index (χ2v) is 6.46. The summed E-state index contributed by atoms with van der Waals surface area (Å²) in [6, 6.07) is 3.53. The Morgan fingerprint density at radius 3 is 2.71 bits per heavy atom. The zero-order valence-electron chi connectivity index (χ0n) is 14.0. The average molecular weight is 328 g/mol. The number of nitrogens with one attached hydrogen (secondary N) is 3. The van der Waals surface area contributed by atoms with E-state index in [4.69, 9.17) is 0 Å². The second kappa shape index (κ2) is 7.47. The Hall–Kier alpha value is -2.37. The van der Waals surface area contributed by atoms with Gasteiger partial charge in [0.25, 0.3) is 11.5 Å². The maximum Gasteiger partial charge on any atom is 0.262 e. The Morgan fingerprint density at radius 1 is 1.25 bits per heavy atom. The van der Waals surface area contributed by atoms with Crippen LogP contribution in [0.2, 0.25) is 0 Å². The normalized spacial score (nSPS) is 15.9. The van der Waals surface area contributed by atoms with Crippen molar-refractivity contribution >= 4 is 11.7 Å². The number of aryl methyl sites for hydroxylation is 1. The van der Waals surface area contributed by atoms with Gasteiger partial charge in [-0.15, -0.1) is 0 Å². The third-order valence-electron chi connectivity index (χ3n) is 4.75. The highest BCUT2D eigenvalue weighted by molar-refractivity contribution is 6.03. The molecule has 128 valence electrons. The molecule has 1 aliphatic rings. The van der Waals surface area contributed by atoms with Crippen LogP contribution in [-0.2, 0) is 6.42 Å². The molecule has 3 N–H and O–H groups in total. The molecule has 1 amide bonds. The maximum atomic E-state index is 12.4. The van der Waals surface area contributed by atoms with Crippen molar-refractivity contribution in [3.63, 3.8) is 0 Å². The summed E-state index contributed by atoms with van der Waals surface area (Å²) < 4.78 is 0. The number of aromatic nitrogens is 3. The molecule has 6 nitrogen and oxygen atoms in total. The standard InChI is InChI=1S/C18H24N4O2/c1-2-12-9-14(17(23)19-11-12)18(24)20-16-10-15(21-22-16)13-7-5-3-4-6-8-13/h9-11,13H,2-8H2,1H3,(H,19,23)(H2,20,21,22,24). The van der Waals surface area contributed by atoms with Crippen LogP contribution in [0.25, 0.3) is 0 Å². The molecular formula is C18H24N4O2. The maximum absolute atomic E-state index is 12.4. The fourth-order valence-electron chi connectivity index (χ4n) is 3.29. The Balaban J connectivity index is 1.72. The number of aromatic amines is 2. The zero-order valence-corrected chi connectivity index (χ0v) is 14.0. The molecule has 2 aromatic rings. The average Bonchev–Trinajstić information content (AvgIpc) is 2.88. The molecule has 0 saturated heterocycles. The molecule has 1 saturated carbocycles. The Labute approximate surface area is 141 Å². The highest BCUT2D eigenvalue weighted by Crippen LogP contribution is 2.31. The van der Waals surface area contributed by atoms with E-state index < -0.39 is 5.91 Å². The number of hydrogen-bond acceptors (Lipinski definition) is 3. The molecule has 0 atom stereocenters. The predicted molar refractivity (Wildman–Crippen MR) is 93.4 cm³/mol. The van der Waals surface area contributed by atoms with Crippen molar-refractivity contribution in [3.05, 3.63) is 45.5 Å². The fourth-order valence-corrected chi connectivity index (χ4v) is 3.29. The van der Waals surface area contributed by atoms with Crippen molar-refractivity contribution < 1.29 is 4.79 Å². The van der Waals surface area contributed by atoms with Gasteiger partial charge in [-0.3, -0.25) is 14.7 Å². The number of carbonyl (C=O) groups excluding carboxylic acids is 1. The van der Waals surface area contributed by atoms with Gasteiger partial charge < -0.3 is 10.3 Å². The van der Waals surface area contributed by atoms with Crippen LogP contribution in [0.15, 0.2) is 23.1 Å². The summed E-state index contributed by atoms with van der Waals surface area (Å²) in [4.78, 5) is 26.8. The number of hydrogen-bond donors (Lipinski definition) is 3. The number of H-pyrrole nitrogens is 2.